The molecule has 2 aromatic rings. The van der Waals surface area contributed by atoms with Crippen molar-refractivity contribution in [2.45, 2.75) is 13.0 Å². The summed E-state index contributed by atoms with van der Waals surface area (Å²) >= 11 is 0. The van der Waals surface area contributed by atoms with Crippen LogP contribution in [-0.2, 0) is 9.53 Å². The molecule has 6 nitrogen and oxygen atoms in total. The number of rotatable bonds is 7. The molecule has 0 spiro atoms. The minimum Gasteiger partial charge on any atom is -0.383 e. The van der Waals surface area contributed by atoms with Crippen molar-refractivity contribution in [3.63, 3.8) is 0 Å². The van der Waals surface area contributed by atoms with E-state index in [-0.39, 0.29) is 17.6 Å². The van der Waals surface area contributed by atoms with Crippen LogP contribution in [0, 0.1) is 0 Å². The minimum atomic E-state index is -0.391. The van der Waals surface area contributed by atoms with E-state index < -0.39 is 5.91 Å². The van der Waals surface area contributed by atoms with Crippen LogP contribution in [0.4, 0.5) is 0 Å². The van der Waals surface area contributed by atoms with E-state index in [1.807, 2.05) is 13.0 Å². The molecule has 2 N–H and O–H groups in total. The van der Waals surface area contributed by atoms with E-state index in [1.54, 1.807) is 62.0 Å². The fourth-order valence-corrected chi connectivity index (χ4v) is 2.16. The largest absolute Gasteiger partial charge is 0.383 e. The summed E-state index contributed by atoms with van der Waals surface area (Å²) in [6.45, 7) is 2.20. The Kier molecular flexibility index (Phi) is 6.86. The molecule has 130 valence electrons. The Morgan fingerprint density at radius 3 is 2.60 bits per heavy atom. The number of hydrogen-bond acceptors (Lipinski definition) is 4. The third-order valence-electron chi connectivity index (χ3n) is 3.32. The van der Waals surface area contributed by atoms with Crippen LogP contribution in [-0.4, -0.2) is 36.6 Å². The quantitative estimate of drug-likeness (QED) is 0.756. The van der Waals surface area contributed by atoms with E-state index in [4.69, 9.17) is 4.74 Å². The number of nitrogens with one attached hydrogen (secondary N) is 2. The molecular weight excluding hydrogens is 318 g/mol. The van der Waals surface area contributed by atoms with Gasteiger partial charge in [-0.05, 0) is 36.8 Å². The Morgan fingerprint density at radius 1 is 1.20 bits per heavy atom. The number of benzene rings is 1. The molecule has 0 saturated heterocycles. The lowest BCUT2D eigenvalue weighted by atomic mass is 10.2. The van der Waals surface area contributed by atoms with Crippen molar-refractivity contribution in [3.8, 4) is 0 Å². The SMILES string of the molecule is COCC(C)NC(=O)C(=Cc1cccnc1)NC(=O)c1ccccc1. The van der Waals surface area contributed by atoms with Gasteiger partial charge in [0.05, 0.1) is 6.61 Å². The third-order valence-corrected chi connectivity index (χ3v) is 3.32. The molecule has 1 aromatic carbocycles. The highest BCUT2D eigenvalue weighted by Crippen LogP contribution is 2.06. The summed E-state index contributed by atoms with van der Waals surface area (Å²) in [6.07, 6.45) is 4.84. The molecule has 0 radical (unpaired) electrons. The number of ether oxygens (including phenoxy) is 1. The molecule has 25 heavy (non-hydrogen) atoms. The highest BCUT2D eigenvalue weighted by Gasteiger charge is 2.16. The standard InChI is InChI=1S/C19H21N3O3/c1-14(13-25-2)21-19(24)17(11-15-7-6-10-20-12-15)22-18(23)16-8-4-3-5-9-16/h3-12,14H,13H2,1-2H3,(H,21,24)(H,22,23). The van der Waals surface area contributed by atoms with Crippen LogP contribution < -0.4 is 10.6 Å². The number of aromatic nitrogens is 1. The second kappa shape index (κ2) is 9.34. The number of carbonyl (C=O) groups is 2. The zero-order valence-corrected chi connectivity index (χ0v) is 14.2. The maximum absolute atomic E-state index is 12.5. The van der Waals surface area contributed by atoms with E-state index >= 15 is 0 Å². The topological polar surface area (TPSA) is 80.3 Å². The zero-order chi connectivity index (χ0) is 18.1. The van der Waals surface area contributed by atoms with E-state index in [1.165, 1.54) is 0 Å². The van der Waals surface area contributed by atoms with Crippen LogP contribution in [0.15, 0.2) is 60.6 Å². The van der Waals surface area contributed by atoms with Crippen LogP contribution in [0.3, 0.4) is 0 Å². The van der Waals surface area contributed by atoms with Crippen LogP contribution in [0.2, 0.25) is 0 Å². The van der Waals surface area contributed by atoms with Crippen molar-refractivity contribution in [3.05, 3.63) is 71.7 Å². The summed E-state index contributed by atoms with van der Waals surface area (Å²) in [6, 6.07) is 12.1. The first-order valence-corrected chi connectivity index (χ1v) is 7.88. The van der Waals surface area contributed by atoms with Gasteiger partial charge in [-0.2, -0.15) is 0 Å². The van der Waals surface area contributed by atoms with Gasteiger partial charge >= 0.3 is 0 Å². The number of pyridine rings is 1. The summed E-state index contributed by atoms with van der Waals surface area (Å²) < 4.78 is 5.02. The molecule has 6 heteroatoms. The van der Waals surface area contributed by atoms with Crippen molar-refractivity contribution in [2.24, 2.45) is 0 Å². The maximum atomic E-state index is 12.5. The van der Waals surface area contributed by atoms with Gasteiger partial charge in [0.15, 0.2) is 0 Å². The molecule has 2 amide bonds. The van der Waals surface area contributed by atoms with Crippen molar-refractivity contribution < 1.29 is 14.3 Å². The van der Waals surface area contributed by atoms with E-state index in [2.05, 4.69) is 15.6 Å². The molecule has 0 aliphatic carbocycles. The molecule has 0 saturated carbocycles. The van der Waals surface area contributed by atoms with Gasteiger partial charge in [-0.15, -0.1) is 0 Å². The monoisotopic (exact) mass is 339 g/mol. The first-order chi connectivity index (χ1) is 12.1. The number of carbonyl (C=O) groups excluding carboxylic acids is 2. The summed E-state index contributed by atoms with van der Waals surface area (Å²) in [5.74, 6) is -0.747. The molecule has 1 aromatic heterocycles. The van der Waals surface area contributed by atoms with Gasteiger partial charge in [-0.1, -0.05) is 24.3 Å². The highest BCUT2D eigenvalue weighted by molar-refractivity contribution is 6.05. The Bertz CT molecular complexity index is 730. The normalized spacial score (nSPS) is 12.3. The average molecular weight is 339 g/mol. The van der Waals surface area contributed by atoms with Crippen LogP contribution >= 0.6 is 0 Å². The van der Waals surface area contributed by atoms with E-state index in [0.717, 1.165) is 0 Å². The van der Waals surface area contributed by atoms with Gasteiger partial charge in [0.1, 0.15) is 5.70 Å². The van der Waals surface area contributed by atoms with Crippen molar-refractivity contribution in [2.75, 3.05) is 13.7 Å². The van der Waals surface area contributed by atoms with Gasteiger partial charge < -0.3 is 15.4 Å². The minimum absolute atomic E-state index is 0.143. The molecule has 1 atom stereocenters. The maximum Gasteiger partial charge on any atom is 0.268 e. The number of amides is 2. The first kappa shape index (κ1) is 18.4. The summed E-state index contributed by atoms with van der Waals surface area (Å²) in [5, 5.41) is 5.46. The van der Waals surface area contributed by atoms with E-state index in [9.17, 15) is 9.59 Å². The summed E-state index contributed by atoms with van der Waals surface area (Å²) in [5.41, 5.74) is 1.32. The van der Waals surface area contributed by atoms with E-state index in [0.29, 0.717) is 17.7 Å². The number of hydrogen-bond donors (Lipinski definition) is 2. The fourth-order valence-electron chi connectivity index (χ4n) is 2.16. The molecule has 0 fully saturated rings. The number of methoxy groups -OCH3 is 1. The second-order valence-corrected chi connectivity index (χ2v) is 5.49. The van der Waals surface area contributed by atoms with Gasteiger partial charge in [-0.3, -0.25) is 14.6 Å². The smallest absolute Gasteiger partial charge is 0.268 e. The summed E-state index contributed by atoms with van der Waals surface area (Å²) in [4.78, 5) is 28.9. The van der Waals surface area contributed by atoms with Crippen LogP contribution in [0.1, 0.15) is 22.8 Å². The molecular formula is C19H21N3O3. The predicted molar refractivity (Wildman–Crippen MR) is 95.6 cm³/mol. The lowest BCUT2D eigenvalue weighted by Gasteiger charge is -2.15. The van der Waals surface area contributed by atoms with Gasteiger partial charge in [-0.25, -0.2) is 0 Å². The molecule has 0 aliphatic heterocycles. The molecule has 0 aliphatic rings. The predicted octanol–water partition coefficient (Wildman–Crippen LogP) is 2.00. The Morgan fingerprint density at radius 2 is 1.96 bits per heavy atom. The second-order valence-electron chi connectivity index (χ2n) is 5.49. The highest BCUT2D eigenvalue weighted by atomic mass is 16.5. The third kappa shape index (κ3) is 5.86. The lowest BCUT2D eigenvalue weighted by Crippen LogP contribution is -2.41. The van der Waals surface area contributed by atoms with Gasteiger partial charge in [0.25, 0.3) is 11.8 Å². The Hall–Kier alpha value is -2.99. The fraction of sp³-hybridized carbons (Fsp3) is 0.211. The summed E-state index contributed by atoms with van der Waals surface area (Å²) in [7, 11) is 1.56. The van der Waals surface area contributed by atoms with Crippen LogP contribution in [0.5, 0.6) is 0 Å². The van der Waals surface area contributed by atoms with Gasteiger partial charge in [0, 0.05) is 31.1 Å². The number of nitrogens with zero attached hydrogens (tertiary/aromatic N) is 1. The molecule has 2 rings (SSSR count). The van der Waals surface area contributed by atoms with Crippen molar-refractivity contribution in [1.82, 2.24) is 15.6 Å². The average Bonchev–Trinajstić information content (AvgIpc) is 2.63. The Labute approximate surface area is 146 Å². The molecule has 1 heterocycles. The lowest BCUT2D eigenvalue weighted by molar-refractivity contribution is -0.118. The van der Waals surface area contributed by atoms with Crippen molar-refractivity contribution in [1.29, 1.82) is 0 Å². The van der Waals surface area contributed by atoms with Crippen LogP contribution in [0.25, 0.3) is 6.08 Å². The molecule has 0 bridgehead atoms. The Balaban J connectivity index is 2.21. The molecule has 1 unspecified atom stereocenters. The zero-order valence-electron chi connectivity index (χ0n) is 14.2. The first-order valence-electron chi connectivity index (χ1n) is 7.88. The van der Waals surface area contributed by atoms with Crippen molar-refractivity contribution >= 4 is 17.9 Å². The van der Waals surface area contributed by atoms with Gasteiger partial charge in [0.2, 0.25) is 0 Å².